The minimum Gasteiger partial charge on any atom is -0.335 e. The van der Waals surface area contributed by atoms with Crippen molar-refractivity contribution in [2.75, 3.05) is 0 Å². The van der Waals surface area contributed by atoms with Gasteiger partial charge in [-0.15, -0.1) is 0 Å². The highest BCUT2D eigenvalue weighted by Gasteiger charge is 2.27. The fourth-order valence-corrected chi connectivity index (χ4v) is 3.77. The molecule has 4 rings (SSSR count). The quantitative estimate of drug-likeness (QED) is 0.280. The normalized spacial score (nSPS) is 11.4. The van der Waals surface area contributed by atoms with Crippen molar-refractivity contribution in [2.24, 2.45) is 0 Å². The third-order valence-electron chi connectivity index (χ3n) is 5.08. The summed E-state index contributed by atoms with van der Waals surface area (Å²) in [5.74, 6) is -1.06. The predicted octanol–water partition coefficient (Wildman–Crippen LogP) is 3.45. The summed E-state index contributed by atoms with van der Waals surface area (Å²) in [5, 5.41) is 10.0. The van der Waals surface area contributed by atoms with Gasteiger partial charge < -0.3 is 5.32 Å². The van der Waals surface area contributed by atoms with Crippen molar-refractivity contribution < 1.29 is 9.59 Å². The topological polar surface area (TPSA) is 116 Å². The van der Waals surface area contributed by atoms with Crippen LogP contribution in [0.5, 0.6) is 0 Å². The summed E-state index contributed by atoms with van der Waals surface area (Å²) >= 11 is 3.40. The Morgan fingerprint density at radius 2 is 1.56 bits per heavy atom. The van der Waals surface area contributed by atoms with Crippen LogP contribution in [0.4, 0.5) is 0 Å². The molecular weight excluding hydrogens is 498 g/mol. The number of carbonyl (C=O) groups excluding carboxylic acids is 2. The Kier molecular flexibility index (Phi) is 6.84. The number of amides is 2. The zero-order valence-electron chi connectivity index (χ0n) is 17.8. The number of aromatic nitrogens is 2. The van der Waals surface area contributed by atoms with Crippen molar-refractivity contribution in [1.29, 1.82) is 0 Å². The van der Waals surface area contributed by atoms with Crippen molar-refractivity contribution in [3.8, 4) is 0 Å². The third-order valence-corrected chi connectivity index (χ3v) is 5.58. The van der Waals surface area contributed by atoms with Crippen LogP contribution in [0.2, 0.25) is 0 Å². The molecule has 0 saturated carbocycles. The number of hydrogen-bond acceptors (Lipinski definition) is 5. The average Bonchev–Trinajstić information content (AvgIpc) is 2.87. The van der Waals surface area contributed by atoms with Crippen LogP contribution in [0.25, 0.3) is 16.5 Å². The lowest BCUT2D eigenvalue weighted by Gasteiger charge is -2.20. The summed E-state index contributed by atoms with van der Waals surface area (Å²) in [7, 11) is 0. The first-order valence-electron chi connectivity index (χ1n) is 10.3. The van der Waals surface area contributed by atoms with E-state index in [-0.39, 0.29) is 5.69 Å². The van der Waals surface area contributed by atoms with E-state index in [1.165, 1.54) is 0 Å². The van der Waals surface area contributed by atoms with Crippen molar-refractivity contribution in [3.63, 3.8) is 0 Å². The zero-order chi connectivity index (χ0) is 24.1. The average molecular weight is 518 g/mol. The van der Waals surface area contributed by atoms with Gasteiger partial charge in [0.05, 0.1) is 11.1 Å². The lowest BCUT2D eigenvalue weighted by Crippen LogP contribution is -2.46. The highest BCUT2D eigenvalue weighted by molar-refractivity contribution is 9.10. The fraction of sp³-hybridized carbons (Fsp3) is 0.0400. The fourth-order valence-electron chi connectivity index (χ4n) is 3.38. The van der Waals surface area contributed by atoms with E-state index in [4.69, 9.17) is 0 Å². The molecule has 1 heterocycles. The Bertz CT molecular complexity index is 1440. The van der Waals surface area contributed by atoms with Crippen LogP contribution in [0, 0.1) is 0 Å². The lowest BCUT2D eigenvalue weighted by molar-refractivity contribution is -0.123. The standard InChI is InChI=1S/C25H20BrN5O3/c1-15(17-10-7-11-18(26)14-17)28-31-25(34)22(27-23(32)16-8-3-2-4-9-16)21-19-12-5-6-13-20(19)24(33)30-29-21/h2-14,22,28H,1H2,(H,27,32)(H,30,33)(H,31,34)/t22-/m0/s1. The highest BCUT2D eigenvalue weighted by atomic mass is 79.9. The number of aromatic amines is 1. The molecule has 4 aromatic rings. The van der Waals surface area contributed by atoms with Crippen LogP contribution in [0.15, 0.2) is 94.7 Å². The van der Waals surface area contributed by atoms with E-state index in [0.717, 1.165) is 10.0 Å². The largest absolute Gasteiger partial charge is 0.335 e. The van der Waals surface area contributed by atoms with Crippen molar-refractivity contribution in [3.05, 3.63) is 117 Å². The molecule has 0 bridgehead atoms. The Morgan fingerprint density at radius 3 is 2.29 bits per heavy atom. The predicted molar refractivity (Wildman–Crippen MR) is 133 cm³/mol. The van der Waals surface area contributed by atoms with Gasteiger partial charge in [-0.3, -0.25) is 25.2 Å². The molecule has 0 saturated heterocycles. The van der Waals surface area contributed by atoms with Gasteiger partial charge in [-0.05, 0) is 35.9 Å². The zero-order valence-corrected chi connectivity index (χ0v) is 19.4. The molecular formula is C25H20BrN5O3. The molecule has 1 aromatic heterocycles. The Hall–Kier alpha value is -4.24. The molecule has 4 N–H and O–H groups in total. The van der Waals surface area contributed by atoms with Crippen LogP contribution in [0.3, 0.4) is 0 Å². The molecule has 0 spiro atoms. The summed E-state index contributed by atoms with van der Waals surface area (Å²) in [6.45, 7) is 3.94. The highest BCUT2D eigenvalue weighted by Crippen LogP contribution is 2.21. The second kappa shape index (κ2) is 10.1. The van der Waals surface area contributed by atoms with Gasteiger partial charge in [0.15, 0.2) is 6.04 Å². The second-order valence-corrected chi connectivity index (χ2v) is 8.27. The molecule has 0 radical (unpaired) electrons. The minimum absolute atomic E-state index is 0.201. The number of carbonyl (C=O) groups is 2. The summed E-state index contributed by atoms with van der Waals surface area (Å²) in [5.41, 5.74) is 6.75. The Balaban J connectivity index is 1.64. The van der Waals surface area contributed by atoms with Gasteiger partial charge >= 0.3 is 0 Å². The van der Waals surface area contributed by atoms with E-state index in [2.05, 4.69) is 48.9 Å². The van der Waals surface area contributed by atoms with E-state index in [1.807, 2.05) is 24.3 Å². The SMILES string of the molecule is C=C(NNC(=O)[C@@H](NC(=O)c1ccccc1)c1n[nH]c(=O)c2ccccc12)c1cccc(Br)c1. The molecule has 170 valence electrons. The monoisotopic (exact) mass is 517 g/mol. The van der Waals surface area contributed by atoms with Crippen LogP contribution >= 0.6 is 15.9 Å². The maximum absolute atomic E-state index is 13.3. The summed E-state index contributed by atoms with van der Waals surface area (Å²) in [4.78, 5) is 38.4. The van der Waals surface area contributed by atoms with E-state index >= 15 is 0 Å². The van der Waals surface area contributed by atoms with Gasteiger partial charge in [0.2, 0.25) is 0 Å². The number of hydrazine groups is 1. The minimum atomic E-state index is -1.21. The molecule has 8 nitrogen and oxygen atoms in total. The van der Waals surface area contributed by atoms with E-state index < -0.39 is 23.4 Å². The van der Waals surface area contributed by atoms with E-state index in [9.17, 15) is 14.4 Å². The van der Waals surface area contributed by atoms with Crippen LogP contribution in [0.1, 0.15) is 27.7 Å². The number of nitrogens with zero attached hydrogens (tertiary/aromatic N) is 1. The maximum atomic E-state index is 13.3. The van der Waals surface area contributed by atoms with Crippen molar-refractivity contribution >= 4 is 44.2 Å². The number of benzene rings is 3. The summed E-state index contributed by atoms with van der Waals surface area (Å²) in [6, 6.07) is 21.4. The van der Waals surface area contributed by atoms with Gasteiger partial charge in [0.25, 0.3) is 17.4 Å². The van der Waals surface area contributed by atoms with Gasteiger partial charge in [-0.1, -0.05) is 71.0 Å². The van der Waals surface area contributed by atoms with Crippen LogP contribution in [-0.4, -0.2) is 22.0 Å². The summed E-state index contributed by atoms with van der Waals surface area (Å²) < 4.78 is 0.858. The molecule has 34 heavy (non-hydrogen) atoms. The van der Waals surface area contributed by atoms with Crippen LogP contribution in [-0.2, 0) is 4.79 Å². The van der Waals surface area contributed by atoms with Gasteiger partial charge in [0, 0.05) is 15.4 Å². The van der Waals surface area contributed by atoms with Crippen molar-refractivity contribution in [2.45, 2.75) is 6.04 Å². The summed E-state index contributed by atoms with van der Waals surface area (Å²) in [6.07, 6.45) is 0. The van der Waals surface area contributed by atoms with Gasteiger partial charge in [-0.25, -0.2) is 5.10 Å². The number of fused-ring (bicyclic) bond motifs is 1. The Morgan fingerprint density at radius 1 is 0.882 bits per heavy atom. The molecule has 3 aromatic carbocycles. The molecule has 0 fully saturated rings. The first kappa shape index (κ1) is 22.9. The van der Waals surface area contributed by atoms with E-state index in [0.29, 0.717) is 22.0 Å². The van der Waals surface area contributed by atoms with Gasteiger partial charge in [0.1, 0.15) is 5.69 Å². The number of nitrogens with one attached hydrogen (secondary N) is 4. The molecule has 0 unspecified atom stereocenters. The number of halogens is 1. The first-order chi connectivity index (χ1) is 16.4. The van der Waals surface area contributed by atoms with Gasteiger partial charge in [-0.2, -0.15) is 5.10 Å². The molecule has 0 aliphatic heterocycles. The van der Waals surface area contributed by atoms with Crippen LogP contribution < -0.4 is 21.7 Å². The Labute approximate surface area is 203 Å². The smallest absolute Gasteiger partial charge is 0.272 e. The molecule has 2 amide bonds. The first-order valence-corrected chi connectivity index (χ1v) is 11.1. The second-order valence-electron chi connectivity index (χ2n) is 7.36. The molecule has 0 aliphatic carbocycles. The molecule has 0 aliphatic rings. The third kappa shape index (κ3) is 5.05. The number of H-pyrrole nitrogens is 1. The molecule has 1 atom stereocenters. The van der Waals surface area contributed by atoms with E-state index in [1.54, 1.807) is 54.6 Å². The number of rotatable bonds is 7. The maximum Gasteiger partial charge on any atom is 0.272 e. The number of hydrogen-bond donors (Lipinski definition) is 4. The molecule has 9 heteroatoms. The van der Waals surface area contributed by atoms with Crippen molar-refractivity contribution in [1.82, 2.24) is 26.4 Å². The lowest BCUT2D eigenvalue weighted by atomic mass is 10.0.